The number of rotatable bonds is 13. The molecule has 5 heteroatoms. The highest BCUT2D eigenvalue weighted by atomic mass is 35.5. The van der Waals surface area contributed by atoms with Gasteiger partial charge in [0.1, 0.15) is 12.9 Å². The van der Waals surface area contributed by atoms with Crippen molar-refractivity contribution in [1.29, 1.82) is 0 Å². The fourth-order valence-corrected chi connectivity index (χ4v) is 1.93. The summed E-state index contributed by atoms with van der Waals surface area (Å²) in [7, 11) is 0. The van der Waals surface area contributed by atoms with E-state index in [2.05, 4.69) is 18.7 Å². The Hall–Kier alpha value is -0.610. The largest absolute Gasteiger partial charge is 0.464 e. The van der Waals surface area contributed by atoms with Crippen molar-refractivity contribution in [2.24, 2.45) is 0 Å². The van der Waals surface area contributed by atoms with Crippen molar-refractivity contribution < 1.29 is 14.3 Å². The molecule has 0 bridgehead atoms. The lowest BCUT2D eigenvalue weighted by atomic mass is 10.1. The highest BCUT2D eigenvalue weighted by molar-refractivity contribution is 5.85. The highest BCUT2D eigenvalue weighted by Crippen LogP contribution is 2.07. The van der Waals surface area contributed by atoms with E-state index >= 15 is 0 Å². The van der Waals surface area contributed by atoms with Gasteiger partial charge in [-0.3, -0.25) is 4.79 Å². The van der Waals surface area contributed by atoms with E-state index < -0.39 is 0 Å². The van der Waals surface area contributed by atoms with E-state index in [0.717, 1.165) is 58.0 Å². The number of carbonyl (C=O) groups excluding carboxylic acids is 2. The summed E-state index contributed by atoms with van der Waals surface area (Å²) in [6.45, 7) is 7.53. The van der Waals surface area contributed by atoms with Gasteiger partial charge in [0.15, 0.2) is 0 Å². The number of aldehydes is 1. The molecule has 0 aliphatic carbocycles. The Balaban J connectivity index is 0. The van der Waals surface area contributed by atoms with E-state index in [9.17, 15) is 9.59 Å². The summed E-state index contributed by atoms with van der Waals surface area (Å²) in [6, 6.07) is 0. The van der Waals surface area contributed by atoms with E-state index in [1.54, 1.807) is 0 Å². The standard InChI is InChI=1S/C15H29NO3.ClH/c1-3-16(4-2)12-14-19-15(18)11-9-7-5-6-8-10-13-17;/h13H,3-12,14H2,1-2H3;1H. The molecule has 0 saturated carbocycles. The van der Waals surface area contributed by atoms with Crippen LogP contribution in [0.1, 0.15) is 58.8 Å². The van der Waals surface area contributed by atoms with Crippen LogP contribution in [0, 0.1) is 0 Å². The molecule has 0 atom stereocenters. The predicted octanol–water partition coefficient (Wildman–Crippen LogP) is 3.22. The second-order valence-corrected chi connectivity index (χ2v) is 4.72. The van der Waals surface area contributed by atoms with Crippen molar-refractivity contribution in [3.63, 3.8) is 0 Å². The van der Waals surface area contributed by atoms with Crippen LogP contribution in [0.2, 0.25) is 0 Å². The maximum absolute atomic E-state index is 11.4. The molecule has 0 spiro atoms. The number of hydrogen-bond donors (Lipinski definition) is 0. The van der Waals surface area contributed by atoms with Gasteiger partial charge < -0.3 is 14.4 Å². The first-order valence-corrected chi connectivity index (χ1v) is 7.56. The lowest BCUT2D eigenvalue weighted by Crippen LogP contribution is -2.27. The smallest absolute Gasteiger partial charge is 0.305 e. The summed E-state index contributed by atoms with van der Waals surface area (Å²) in [5.41, 5.74) is 0. The molecule has 0 aromatic heterocycles. The van der Waals surface area contributed by atoms with Crippen LogP contribution < -0.4 is 0 Å². The van der Waals surface area contributed by atoms with Gasteiger partial charge in [-0.1, -0.05) is 33.1 Å². The van der Waals surface area contributed by atoms with E-state index in [0.29, 0.717) is 19.4 Å². The van der Waals surface area contributed by atoms with Crippen molar-refractivity contribution in [3.05, 3.63) is 0 Å². The number of halogens is 1. The minimum Gasteiger partial charge on any atom is -0.464 e. The fraction of sp³-hybridized carbons (Fsp3) is 0.867. The monoisotopic (exact) mass is 307 g/mol. The summed E-state index contributed by atoms with van der Waals surface area (Å²) in [5, 5.41) is 0. The van der Waals surface area contributed by atoms with Gasteiger partial charge in [0.05, 0.1) is 0 Å². The molecule has 0 rings (SSSR count). The van der Waals surface area contributed by atoms with Crippen molar-refractivity contribution >= 4 is 24.7 Å². The number of ether oxygens (including phenoxy) is 1. The SMILES string of the molecule is CCN(CC)CCOC(=O)CCCCCCCC=O.Cl. The molecule has 20 heavy (non-hydrogen) atoms. The van der Waals surface area contributed by atoms with Crippen molar-refractivity contribution in [1.82, 2.24) is 4.90 Å². The lowest BCUT2D eigenvalue weighted by Gasteiger charge is -2.17. The summed E-state index contributed by atoms with van der Waals surface area (Å²) in [6.07, 6.45) is 7.23. The van der Waals surface area contributed by atoms with Gasteiger partial charge in [-0.15, -0.1) is 12.4 Å². The molecule has 0 aromatic rings. The zero-order valence-electron chi connectivity index (χ0n) is 12.9. The van der Waals surface area contributed by atoms with E-state index in [-0.39, 0.29) is 18.4 Å². The maximum atomic E-state index is 11.4. The number of hydrogen-bond acceptors (Lipinski definition) is 4. The second kappa shape index (κ2) is 16.4. The van der Waals surface area contributed by atoms with Crippen molar-refractivity contribution in [2.45, 2.75) is 58.8 Å². The molecular formula is C15H30ClNO3. The third-order valence-corrected chi connectivity index (χ3v) is 3.27. The summed E-state index contributed by atoms with van der Waals surface area (Å²) in [5.74, 6) is -0.0833. The maximum Gasteiger partial charge on any atom is 0.305 e. The van der Waals surface area contributed by atoms with E-state index in [1.807, 2.05) is 0 Å². The summed E-state index contributed by atoms with van der Waals surface area (Å²) in [4.78, 5) is 23.8. The molecule has 0 aliphatic heterocycles. The zero-order chi connectivity index (χ0) is 14.3. The number of nitrogens with zero attached hydrogens (tertiary/aromatic N) is 1. The van der Waals surface area contributed by atoms with Gasteiger partial charge in [-0.25, -0.2) is 0 Å². The predicted molar refractivity (Wildman–Crippen MR) is 84.4 cm³/mol. The first-order chi connectivity index (χ1) is 9.24. The molecule has 0 amide bonds. The van der Waals surface area contributed by atoms with Crippen LogP contribution in [0.4, 0.5) is 0 Å². The molecule has 0 saturated heterocycles. The number of likely N-dealkylation sites (N-methyl/N-ethyl adjacent to an activating group) is 1. The minimum absolute atomic E-state index is 0. The first kappa shape index (κ1) is 21.7. The second-order valence-electron chi connectivity index (χ2n) is 4.72. The molecular weight excluding hydrogens is 278 g/mol. The quantitative estimate of drug-likeness (QED) is 0.298. The summed E-state index contributed by atoms with van der Waals surface area (Å²) >= 11 is 0. The normalized spacial score (nSPS) is 10.2. The molecule has 0 aliphatic rings. The van der Waals surface area contributed by atoms with Gasteiger partial charge in [0.2, 0.25) is 0 Å². The average Bonchev–Trinajstić information content (AvgIpc) is 2.42. The van der Waals surface area contributed by atoms with Crippen LogP contribution in [-0.4, -0.2) is 43.4 Å². The van der Waals surface area contributed by atoms with Crippen LogP contribution >= 0.6 is 12.4 Å². The third-order valence-electron chi connectivity index (χ3n) is 3.27. The summed E-state index contributed by atoms with van der Waals surface area (Å²) < 4.78 is 5.19. The Labute approximate surface area is 129 Å². The Kier molecular flexibility index (Phi) is 17.8. The molecule has 0 heterocycles. The third kappa shape index (κ3) is 13.8. The number of esters is 1. The van der Waals surface area contributed by atoms with E-state index in [4.69, 9.17) is 4.74 Å². The van der Waals surface area contributed by atoms with E-state index in [1.165, 1.54) is 0 Å². The Morgan fingerprint density at radius 3 is 2.25 bits per heavy atom. The fourth-order valence-electron chi connectivity index (χ4n) is 1.93. The Morgan fingerprint density at radius 1 is 1.05 bits per heavy atom. The van der Waals surface area contributed by atoms with Crippen LogP contribution in [-0.2, 0) is 14.3 Å². The average molecular weight is 308 g/mol. The topological polar surface area (TPSA) is 46.6 Å². The van der Waals surface area contributed by atoms with Crippen molar-refractivity contribution in [2.75, 3.05) is 26.2 Å². The minimum atomic E-state index is -0.0833. The molecule has 0 unspecified atom stereocenters. The molecule has 0 N–H and O–H groups in total. The zero-order valence-corrected chi connectivity index (χ0v) is 13.8. The van der Waals surface area contributed by atoms with Crippen LogP contribution in [0.3, 0.4) is 0 Å². The Bertz CT molecular complexity index is 233. The molecule has 4 nitrogen and oxygen atoms in total. The molecule has 0 radical (unpaired) electrons. The first-order valence-electron chi connectivity index (χ1n) is 7.56. The lowest BCUT2D eigenvalue weighted by molar-refractivity contribution is -0.144. The van der Waals surface area contributed by atoms with Crippen molar-refractivity contribution in [3.8, 4) is 0 Å². The van der Waals surface area contributed by atoms with Gasteiger partial charge in [-0.05, 0) is 25.9 Å². The van der Waals surface area contributed by atoms with Gasteiger partial charge in [0.25, 0.3) is 0 Å². The number of carbonyl (C=O) groups is 2. The van der Waals surface area contributed by atoms with Gasteiger partial charge in [0, 0.05) is 19.4 Å². The number of unbranched alkanes of at least 4 members (excludes halogenated alkanes) is 5. The molecule has 120 valence electrons. The molecule has 0 aromatic carbocycles. The van der Waals surface area contributed by atoms with Gasteiger partial charge in [-0.2, -0.15) is 0 Å². The highest BCUT2D eigenvalue weighted by Gasteiger charge is 2.04. The Morgan fingerprint density at radius 2 is 1.65 bits per heavy atom. The van der Waals surface area contributed by atoms with Crippen LogP contribution in [0.5, 0.6) is 0 Å². The molecule has 0 fully saturated rings. The van der Waals surface area contributed by atoms with Crippen LogP contribution in [0.25, 0.3) is 0 Å². The van der Waals surface area contributed by atoms with Gasteiger partial charge >= 0.3 is 5.97 Å². The van der Waals surface area contributed by atoms with Crippen LogP contribution in [0.15, 0.2) is 0 Å².